The molecule has 0 aliphatic heterocycles. The van der Waals surface area contributed by atoms with Gasteiger partial charge in [-0.15, -0.1) is 0 Å². The molecule has 6 heteroatoms. The summed E-state index contributed by atoms with van der Waals surface area (Å²) >= 11 is 0. The zero-order valence-corrected chi connectivity index (χ0v) is 12.8. The number of halogens is 3. The van der Waals surface area contributed by atoms with Crippen LogP contribution >= 0.6 is 0 Å². The summed E-state index contributed by atoms with van der Waals surface area (Å²) in [6, 6.07) is 7.35. The summed E-state index contributed by atoms with van der Waals surface area (Å²) in [6.07, 6.45) is -1.38. The van der Waals surface area contributed by atoms with Crippen molar-refractivity contribution in [2.24, 2.45) is 0 Å². The van der Waals surface area contributed by atoms with Gasteiger partial charge in [0, 0.05) is 24.2 Å². The highest BCUT2D eigenvalue weighted by Crippen LogP contribution is 2.24. The number of aliphatic hydroxyl groups excluding tert-OH is 1. The summed E-state index contributed by atoms with van der Waals surface area (Å²) in [5.74, 6) is -1.70. The fraction of sp³-hybridized carbons (Fsp3) is 0.294. The molecule has 23 heavy (non-hydrogen) atoms. The van der Waals surface area contributed by atoms with Gasteiger partial charge in [-0.1, -0.05) is 12.1 Å². The van der Waals surface area contributed by atoms with E-state index in [9.17, 15) is 18.3 Å². The van der Waals surface area contributed by atoms with Crippen LogP contribution in [0.4, 0.5) is 13.2 Å². The van der Waals surface area contributed by atoms with Crippen LogP contribution < -0.4 is 10.1 Å². The molecule has 0 bridgehead atoms. The van der Waals surface area contributed by atoms with Crippen molar-refractivity contribution in [2.75, 3.05) is 13.7 Å². The predicted molar refractivity (Wildman–Crippen MR) is 80.7 cm³/mol. The third-order valence-corrected chi connectivity index (χ3v) is 3.62. The lowest BCUT2D eigenvalue weighted by Crippen LogP contribution is -2.26. The highest BCUT2D eigenvalue weighted by Gasteiger charge is 2.19. The van der Waals surface area contributed by atoms with E-state index in [0.717, 1.165) is 12.1 Å². The van der Waals surface area contributed by atoms with Crippen molar-refractivity contribution in [3.8, 4) is 5.75 Å². The van der Waals surface area contributed by atoms with Crippen molar-refractivity contribution in [3.63, 3.8) is 0 Å². The highest BCUT2D eigenvalue weighted by molar-refractivity contribution is 5.30. The van der Waals surface area contributed by atoms with Crippen LogP contribution in [-0.2, 0) is 0 Å². The fourth-order valence-corrected chi connectivity index (χ4v) is 2.32. The Labute approximate surface area is 132 Å². The SMILES string of the molecule is COc1ccc(C(C)NCC(O)c2c(F)cccc2F)c(F)c1. The fourth-order valence-electron chi connectivity index (χ4n) is 2.32. The zero-order valence-electron chi connectivity index (χ0n) is 12.8. The number of hydrogen-bond acceptors (Lipinski definition) is 3. The Hall–Kier alpha value is -2.05. The zero-order chi connectivity index (χ0) is 17.0. The number of nitrogens with one attached hydrogen (secondary N) is 1. The molecule has 0 aromatic heterocycles. The summed E-state index contributed by atoms with van der Waals surface area (Å²) in [5, 5.41) is 12.8. The van der Waals surface area contributed by atoms with Crippen molar-refractivity contribution >= 4 is 0 Å². The maximum absolute atomic E-state index is 14.0. The van der Waals surface area contributed by atoms with Gasteiger partial charge in [-0.25, -0.2) is 13.2 Å². The minimum atomic E-state index is -1.38. The maximum atomic E-state index is 14.0. The van der Waals surface area contributed by atoms with Crippen molar-refractivity contribution in [1.82, 2.24) is 5.32 Å². The largest absolute Gasteiger partial charge is 0.497 e. The lowest BCUT2D eigenvalue weighted by atomic mass is 10.1. The van der Waals surface area contributed by atoms with Crippen molar-refractivity contribution in [2.45, 2.75) is 19.1 Å². The summed E-state index contributed by atoms with van der Waals surface area (Å²) in [6.45, 7) is 1.57. The quantitative estimate of drug-likeness (QED) is 0.854. The molecule has 2 rings (SSSR count). The molecule has 2 aromatic rings. The Bertz CT molecular complexity index is 659. The molecule has 0 aliphatic carbocycles. The molecule has 2 N–H and O–H groups in total. The van der Waals surface area contributed by atoms with E-state index in [4.69, 9.17) is 4.74 Å². The molecular weight excluding hydrogens is 307 g/mol. The molecule has 0 aliphatic rings. The molecule has 0 heterocycles. The Morgan fingerprint density at radius 1 is 1.09 bits per heavy atom. The molecule has 124 valence electrons. The number of aliphatic hydroxyl groups is 1. The third kappa shape index (κ3) is 4.03. The monoisotopic (exact) mass is 325 g/mol. The lowest BCUT2D eigenvalue weighted by Gasteiger charge is -2.19. The Kier molecular flexibility index (Phi) is 5.63. The smallest absolute Gasteiger partial charge is 0.131 e. The van der Waals surface area contributed by atoms with Crippen molar-refractivity contribution < 1.29 is 23.0 Å². The van der Waals surface area contributed by atoms with Crippen LogP contribution in [0.3, 0.4) is 0 Å². The lowest BCUT2D eigenvalue weighted by molar-refractivity contribution is 0.161. The van der Waals surface area contributed by atoms with Gasteiger partial charge < -0.3 is 15.2 Å². The average Bonchev–Trinajstić information content (AvgIpc) is 2.52. The number of methoxy groups -OCH3 is 1. The first-order valence-electron chi connectivity index (χ1n) is 7.12. The summed E-state index contributed by atoms with van der Waals surface area (Å²) in [4.78, 5) is 0. The topological polar surface area (TPSA) is 41.5 Å². The molecule has 0 fully saturated rings. The first-order valence-corrected chi connectivity index (χ1v) is 7.12. The maximum Gasteiger partial charge on any atom is 0.131 e. The Morgan fingerprint density at radius 2 is 1.74 bits per heavy atom. The van der Waals surface area contributed by atoms with Crippen LogP contribution in [0.2, 0.25) is 0 Å². The molecule has 2 atom stereocenters. The van der Waals surface area contributed by atoms with Crippen molar-refractivity contribution in [1.29, 1.82) is 0 Å². The van der Waals surface area contributed by atoms with E-state index in [-0.39, 0.29) is 6.54 Å². The first kappa shape index (κ1) is 17.3. The van der Waals surface area contributed by atoms with E-state index < -0.39 is 35.2 Å². The molecule has 2 aromatic carbocycles. The summed E-state index contributed by atoms with van der Waals surface area (Å²) in [5.41, 5.74) is -0.0330. The number of rotatable bonds is 6. The standard InChI is InChI=1S/C17H18F3NO2/c1-10(12-7-6-11(23-2)8-15(12)20)21-9-16(22)17-13(18)4-3-5-14(17)19/h3-8,10,16,21-22H,9H2,1-2H3. The normalized spacial score (nSPS) is 13.7. The number of hydrogen-bond donors (Lipinski definition) is 2. The second-order valence-electron chi connectivity index (χ2n) is 5.17. The van der Waals surface area contributed by atoms with Gasteiger partial charge in [0.2, 0.25) is 0 Å². The highest BCUT2D eigenvalue weighted by atomic mass is 19.1. The van der Waals surface area contributed by atoms with E-state index in [1.54, 1.807) is 19.1 Å². The number of benzene rings is 2. The van der Waals surface area contributed by atoms with Gasteiger partial charge in [-0.3, -0.25) is 0 Å². The van der Waals surface area contributed by atoms with E-state index in [2.05, 4.69) is 5.32 Å². The van der Waals surface area contributed by atoms with Crippen molar-refractivity contribution in [3.05, 3.63) is 65.0 Å². The molecular formula is C17H18F3NO2. The molecule has 0 saturated carbocycles. The van der Waals surface area contributed by atoms with Gasteiger partial charge >= 0.3 is 0 Å². The molecule has 0 saturated heterocycles. The molecule has 0 radical (unpaired) electrons. The van der Waals surface area contributed by atoms with E-state index >= 15 is 0 Å². The van der Waals surface area contributed by atoms with E-state index in [0.29, 0.717) is 11.3 Å². The van der Waals surface area contributed by atoms with E-state index in [1.807, 2.05) is 0 Å². The predicted octanol–water partition coefficient (Wildman–Crippen LogP) is 3.50. The third-order valence-electron chi connectivity index (χ3n) is 3.62. The van der Waals surface area contributed by atoms with Gasteiger partial charge in [0.15, 0.2) is 0 Å². The van der Waals surface area contributed by atoms with Gasteiger partial charge in [0.1, 0.15) is 23.2 Å². The van der Waals surface area contributed by atoms with Crippen LogP contribution in [0, 0.1) is 17.5 Å². The minimum absolute atomic E-state index is 0.121. The second kappa shape index (κ2) is 7.48. The average molecular weight is 325 g/mol. The van der Waals surface area contributed by atoms with Crippen LogP contribution in [0.5, 0.6) is 5.75 Å². The summed E-state index contributed by atoms with van der Waals surface area (Å²) in [7, 11) is 1.44. The first-order chi connectivity index (χ1) is 10.9. The van der Waals surface area contributed by atoms with Gasteiger partial charge in [-0.05, 0) is 25.1 Å². The molecule has 0 spiro atoms. The van der Waals surface area contributed by atoms with Gasteiger partial charge in [-0.2, -0.15) is 0 Å². The molecule has 2 unspecified atom stereocenters. The Morgan fingerprint density at radius 3 is 2.30 bits per heavy atom. The summed E-state index contributed by atoms with van der Waals surface area (Å²) < 4.78 is 46.1. The van der Waals surface area contributed by atoms with Crippen LogP contribution in [0.1, 0.15) is 30.2 Å². The van der Waals surface area contributed by atoms with Crippen LogP contribution in [0.15, 0.2) is 36.4 Å². The second-order valence-corrected chi connectivity index (χ2v) is 5.17. The van der Waals surface area contributed by atoms with Crippen LogP contribution in [-0.4, -0.2) is 18.8 Å². The minimum Gasteiger partial charge on any atom is -0.497 e. The van der Waals surface area contributed by atoms with Gasteiger partial charge in [0.05, 0.1) is 18.8 Å². The van der Waals surface area contributed by atoms with Crippen LogP contribution in [0.25, 0.3) is 0 Å². The van der Waals surface area contributed by atoms with Gasteiger partial charge in [0.25, 0.3) is 0 Å². The molecule has 0 amide bonds. The number of ether oxygens (including phenoxy) is 1. The molecule has 3 nitrogen and oxygen atoms in total. The van der Waals surface area contributed by atoms with E-state index in [1.165, 1.54) is 19.2 Å². The Balaban J connectivity index is 2.05.